The second-order valence-electron chi connectivity index (χ2n) is 8.51. The normalized spacial score (nSPS) is 19.1. The number of hydrogen-bond donors (Lipinski definition) is 1. The van der Waals surface area contributed by atoms with E-state index in [1.54, 1.807) is 6.92 Å². The summed E-state index contributed by atoms with van der Waals surface area (Å²) in [4.78, 5) is 13.6. The second kappa shape index (κ2) is 10.1. The molecule has 0 saturated carbocycles. The fourth-order valence-corrected chi connectivity index (χ4v) is 4.53. The molecule has 1 heterocycles. The van der Waals surface area contributed by atoms with Gasteiger partial charge in [0.1, 0.15) is 0 Å². The highest BCUT2D eigenvalue weighted by Crippen LogP contribution is 2.49. The fourth-order valence-electron chi connectivity index (χ4n) is 4.53. The van der Waals surface area contributed by atoms with Crippen LogP contribution < -0.4 is 4.90 Å². The Morgan fingerprint density at radius 3 is 1.89 bits per heavy atom. The molecule has 37 heavy (non-hydrogen) atoms. The molecule has 0 bridgehead atoms. The quantitative estimate of drug-likeness (QED) is 0.393. The van der Waals surface area contributed by atoms with E-state index in [0.29, 0.717) is 12.1 Å². The first-order chi connectivity index (χ1) is 17.0. The highest BCUT2D eigenvalue weighted by atomic mass is 19.4. The van der Waals surface area contributed by atoms with Crippen molar-refractivity contribution in [3.05, 3.63) is 64.2 Å². The lowest BCUT2D eigenvalue weighted by Gasteiger charge is -2.28. The molecule has 0 radical (unpaired) electrons. The third-order valence-corrected chi connectivity index (χ3v) is 6.17. The van der Waals surface area contributed by atoms with Crippen molar-refractivity contribution in [2.45, 2.75) is 63.3 Å². The first kappa shape index (κ1) is 28.6. The lowest BCUT2D eigenvalue weighted by atomic mass is 9.85. The van der Waals surface area contributed by atoms with E-state index in [2.05, 4.69) is 0 Å². The van der Waals surface area contributed by atoms with Gasteiger partial charge in [0.05, 0.1) is 35.1 Å². The van der Waals surface area contributed by atoms with Crippen LogP contribution in [0.25, 0.3) is 0 Å². The van der Waals surface area contributed by atoms with Crippen LogP contribution in [0, 0.1) is 0 Å². The summed E-state index contributed by atoms with van der Waals surface area (Å²) < 4.78 is 125. The molecular formula is C24H22F9NO3. The molecule has 4 nitrogen and oxygen atoms in total. The maximum absolute atomic E-state index is 13.4. The summed E-state index contributed by atoms with van der Waals surface area (Å²) in [6, 6.07) is 2.42. The fraction of sp³-hybridized carbons (Fsp3) is 0.458. The molecule has 3 rings (SSSR count). The van der Waals surface area contributed by atoms with E-state index < -0.39 is 71.4 Å². The van der Waals surface area contributed by atoms with Crippen LogP contribution in [0.4, 0.5) is 50.0 Å². The molecule has 0 saturated heterocycles. The molecule has 13 heteroatoms. The average molecular weight is 543 g/mol. The number of nitrogens with zero attached hydrogens (tertiary/aromatic N) is 1. The van der Waals surface area contributed by atoms with Gasteiger partial charge in [-0.2, -0.15) is 39.5 Å². The number of aliphatic hydroxyl groups excluding tert-OH is 1. The van der Waals surface area contributed by atoms with Gasteiger partial charge in [-0.15, -0.1) is 0 Å². The predicted molar refractivity (Wildman–Crippen MR) is 114 cm³/mol. The number of anilines is 1. The van der Waals surface area contributed by atoms with E-state index in [4.69, 9.17) is 4.74 Å². The van der Waals surface area contributed by atoms with Gasteiger partial charge in [-0.1, -0.05) is 13.0 Å². The molecule has 1 aliphatic rings. The van der Waals surface area contributed by atoms with E-state index >= 15 is 0 Å². The van der Waals surface area contributed by atoms with Crippen LogP contribution in [-0.2, 0) is 23.3 Å². The molecule has 204 valence electrons. The number of fused-ring (bicyclic) bond motifs is 1. The molecule has 0 aliphatic carbocycles. The Morgan fingerprint density at radius 1 is 0.892 bits per heavy atom. The molecule has 0 fully saturated rings. The van der Waals surface area contributed by atoms with E-state index in [9.17, 15) is 49.4 Å². The highest BCUT2D eigenvalue weighted by Gasteiger charge is 2.44. The van der Waals surface area contributed by atoms with Crippen LogP contribution >= 0.6 is 0 Å². The van der Waals surface area contributed by atoms with Crippen LogP contribution in [0.15, 0.2) is 36.4 Å². The van der Waals surface area contributed by atoms with Crippen LogP contribution in [0.5, 0.6) is 0 Å². The number of halogens is 9. The van der Waals surface area contributed by atoms with Crippen LogP contribution in [-0.4, -0.2) is 23.8 Å². The van der Waals surface area contributed by atoms with Gasteiger partial charge in [0, 0.05) is 12.0 Å². The zero-order valence-electron chi connectivity index (χ0n) is 19.4. The number of rotatable bonds is 5. The summed E-state index contributed by atoms with van der Waals surface area (Å²) in [6.45, 7) is 2.98. The van der Waals surface area contributed by atoms with Gasteiger partial charge in [-0.25, -0.2) is 4.79 Å². The minimum Gasteiger partial charge on any atom is -0.449 e. The van der Waals surface area contributed by atoms with Crippen molar-refractivity contribution >= 4 is 11.8 Å². The van der Waals surface area contributed by atoms with Crippen molar-refractivity contribution in [2.75, 3.05) is 11.5 Å². The lowest BCUT2D eigenvalue weighted by molar-refractivity contribution is -0.143. The van der Waals surface area contributed by atoms with Gasteiger partial charge in [0.15, 0.2) is 0 Å². The maximum Gasteiger partial charge on any atom is 0.416 e. The molecular weight excluding hydrogens is 521 g/mol. The monoisotopic (exact) mass is 543 g/mol. The third kappa shape index (κ3) is 5.97. The molecule has 2 aromatic carbocycles. The smallest absolute Gasteiger partial charge is 0.416 e. The minimum absolute atomic E-state index is 0.0723. The highest BCUT2D eigenvalue weighted by molar-refractivity contribution is 5.92. The number of hydrogen-bond acceptors (Lipinski definition) is 3. The van der Waals surface area contributed by atoms with Gasteiger partial charge < -0.3 is 9.84 Å². The standard InChI is InChI=1S/C24H22F9NO3/c1-3-18-17(11-20(35)12-7-14(23(28,29)30)9-15(8-12)24(31,32)33)16-6-5-13(22(25,26)27)10-19(16)34(18)21(36)37-4-2/h5-10,17-18,20,35H,3-4,11H2,1-2H3. The van der Waals surface area contributed by atoms with E-state index in [0.717, 1.165) is 23.1 Å². The maximum atomic E-state index is 13.4. The molecule has 3 unspecified atom stereocenters. The summed E-state index contributed by atoms with van der Waals surface area (Å²) >= 11 is 0. The number of aliphatic hydroxyl groups is 1. The topological polar surface area (TPSA) is 49.8 Å². The first-order valence-corrected chi connectivity index (χ1v) is 11.1. The number of alkyl halides is 9. The van der Waals surface area contributed by atoms with Crippen LogP contribution in [0.1, 0.15) is 66.5 Å². The Bertz CT molecular complexity index is 1110. The van der Waals surface area contributed by atoms with Gasteiger partial charge in [0.25, 0.3) is 0 Å². The van der Waals surface area contributed by atoms with Gasteiger partial charge in [0.2, 0.25) is 0 Å². The van der Waals surface area contributed by atoms with E-state index in [-0.39, 0.29) is 30.3 Å². The molecule has 3 atom stereocenters. The van der Waals surface area contributed by atoms with Crippen molar-refractivity contribution in [1.29, 1.82) is 0 Å². The first-order valence-electron chi connectivity index (χ1n) is 11.1. The second-order valence-corrected chi connectivity index (χ2v) is 8.51. The molecule has 0 aromatic heterocycles. The molecule has 1 N–H and O–H groups in total. The third-order valence-electron chi connectivity index (χ3n) is 6.17. The Kier molecular flexibility index (Phi) is 7.79. The van der Waals surface area contributed by atoms with Gasteiger partial charge >= 0.3 is 24.6 Å². The van der Waals surface area contributed by atoms with E-state index in [1.807, 2.05) is 0 Å². The number of carbonyl (C=O) groups excluding carboxylic acids is 1. The van der Waals surface area contributed by atoms with Crippen molar-refractivity contribution in [3.8, 4) is 0 Å². The Morgan fingerprint density at radius 2 is 1.43 bits per heavy atom. The zero-order valence-corrected chi connectivity index (χ0v) is 19.4. The number of amides is 1. The molecule has 1 aliphatic heterocycles. The number of carbonyl (C=O) groups is 1. The molecule has 1 amide bonds. The summed E-state index contributed by atoms with van der Waals surface area (Å²) in [5.41, 5.74) is -4.94. The summed E-state index contributed by atoms with van der Waals surface area (Å²) in [6.07, 6.45) is -18.2. The number of ether oxygens (including phenoxy) is 1. The summed E-state index contributed by atoms with van der Waals surface area (Å²) in [5, 5.41) is 10.8. The SMILES string of the molecule is CCOC(=O)N1c2cc(C(F)(F)F)ccc2C(CC(O)c2cc(C(F)(F)F)cc(C(F)(F)F)c2)C1CC. The van der Waals surface area contributed by atoms with Gasteiger partial charge in [-0.05, 0) is 61.2 Å². The predicted octanol–water partition coefficient (Wildman–Crippen LogP) is 7.71. The Labute approximate surface area is 205 Å². The van der Waals surface area contributed by atoms with E-state index in [1.165, 1.54) is 6.92 Å². The van der Waals surface area contributed by atoms with Crippen molar-refractivity contribution in [3.63, 3.8) is 0 Å². The lowest BCUT2D eigenvalue weighted by Crippen LogP contribution is -2.39. The molecule has 0 spiro atoms. The molecule has 2 aromatic rings. The largest absolute Gasteiger partial charge is 0.449 e. The minimum atomic E-state index is -5.13. The van der Waals surface area contributed by atoms with Gasteiger partial charge in [-0.3, -0.25) is 4.90 Å². The summed E-state index contributed by atoms with van der Waals surface area (Å²) in [5.74, 6) is -0.912. The Hall–Kier alpha value is -2.96. The van der Waals surface area contributed by atoms with Crippen LogP contribution in [0.3, 0.4) is 0 Å². The van der Waals surface area contributed by atoms with Crippen molar-refractivity contribution in [1.82, 2.24) is 0 Å². The summed E-state index contributed by atoms with van der Waals surface area (Å²) in [7, 11) is 0. The zero-order chi connectivity index (χ0) is 27.9. The number of benzene rings is 2. The van der Waals surface area contributed by atoms with Crippen molar-refractivity contribution < 1.29 is 54.2 Å². The van der Waals surface area contributed by atoms with Crippen molar-refractivity contribution in [2.24, 2.45) is 0 Å². The Balaban J connectivity index is 2.08. The average Bonchev–Trinajstić information content (AvgIpc) is 3.09. The van der Waals surface area contributed by atoms with Crippen LogP contribution in [0.2, 0.25) is 0 Å².